The highest BCUT2D eigenvalue weighted by Gasteiger charge is 2.57. The van der Waals surface area contributed by atoms with E-state index in [1.807, 2.05) is 6.92 Å². The van der Waals surface area contributed by atoms with Crippen molar-refractivity contribution >= 4 is 5.78 Å². The van der Waals surface area contributed by atoms with Crippen LogP contribution in [0.5, 0.6) is 0 Å². The molecule has 3 rings (SSSR count). The fourth-order valence-electron chi connectivity index (χ4n) is 7.31. The molecule has 3 aliphatic rings. The number of fused-ring (bicyclic) bond motifs is 3. The smallest absolute Gasteiger partial charge is 0.133 e. The van der Waals surface area contributed by atoms with Gasteiger partial charge in [0.15, 0.2) is 0 Å². The molecule has 3 aliphatic carbocycles. The summed E-state index contributed by atoms with van der Waals surface area (Å²) in [6.45, 7) is 5.42. The van der Waals surface area contributed by atoms with E-state index in [4.69, 9.17) is 4.74 Å². The Bertz CT molecular complexity index is 462. The van der Waals surface area contributed by atoms with E-state index in [9.17, 15) is 9.90 Å². The number of carbonyl (C=O) groups excluding carboxylic acids is 1. The van der Waals surface area contributed by atoms with Gasteiger partial charge in [-0.15, -0.1) is 0 Å². The molecule has 0 bridgehead atoms. The summed E-state index contributed by atoms with van der Waals surface area (Å²) in [5.74, 6) is 4.62. The van der Waals surface area contributed by atoms with Crippen molar-refractivity contribution in [1.82, 2.24) is 0 Å². The van der Waals surface area contributed by atoms with Crippen molar-refractivity contribution in [3.8, 4) is 0 Å². The molecule has 0 aromatic carbocycles. The first kappa shape index (κ1) is 19.4. The number of hydrogen-bond donors (Lipinski definition) is 1. The lowest BCUT2D eigenvalue weighted by atomic mass is 9.50. The number of aliphatic hydroxyl groups is 1. The lowest BCUT2D eigenvalue weighted by molar-refractivity contribution is -0.128. The minimum absolute atomic E-state index is 0.258. The van der Waals surface area contributed by atoms with Crippen LogP contribution in [0.15, 0.2) is 0 Å². The van der Waals surface area contributed by atoms with Gasteiger partial charge in [0, 0.05) is 26.2 Å². The molecule has 3 fully saturated rings. The van der Waals surface area contributed by atoms with Gasteiger partial charge < -0.3 is 9.84 Å². The van der Waals surface area contributed by atoms with E-state index in [1.54, 1.807) is 7.11 Å². The van der Waals surface area contributed by atoms with Gasteiger partial charge in [-0.05, 0) is 99.7 Å². The van der Waals surface area contributed by atoms with E-state index in [0.29, 0.717) is 18.3 Å². The Labute approximate surface area is 153 Å². The van der Waals surface area contributed by atoms with Crippen LogP contribution in [0.4, 0.5) is 0 Å². The maximum absolute atomic E-state index is 12.2. The Kier molecular flexibility index (Phi) is 6.26. The summed E-state index contributed by atoms with van der Waals surface area (Å²) in [7, 11) is 1.81. The van der Waals surface area contributed by atoms with E-state index in [0.717, 1.165) is 49.0 Å². The third-order valence-electron chi connectivity index (χ3n) is 8.40. The molecular weight excluding hydrogens is 312 g/mol. The van der Waals surface area contributed by atoms with Crippen LogP contribution in [-0.4, -0.2) is 31.2 Å². The van der Waals surface area contributed by atoms with Gasteiger partial charge in [0.1, 0.15) is 5.78 Å². The van der Waals surface area contributed by atoms with Crippen molar-refractivity contribution in [2.45, 2.75) is 71.6 Å². The van der Waals surface area contributed by atoms with Gasteiger partial charge >= 0.3 is 0 Å². The third kappa shape index (κ3) is 3.56. The molecule has 0 aromatic rings. The molecule has 0 heterocycles. The summed E-state index contributed by atoms with van der Waals surface area (Å²) >= 11 is 0. The number of rotatable bonds is 7. The second-order valence-electron chi connectivity index (χ2n) is 9.37. The summed E-state index contributed by atoms with van der Waals surface area (Å²) in [5, 5.41) is 9.38. The largest absolute Gasteiger partial charge is 0.396 e. The average Bonchev–Trinajstić information content (AvgIpc) is 2.95. The van der Waals surface area contributed by atoms with Crippen molar-refractivity contribution in [3.63, 3.8) is 0 Å². The quantitative estimate of drug-likeness (QED) is 0.737. The molecule has 6 unspecified atom stereocenters. The average molecular weight is 351 g/mol. The van der Waals surface area contributed by atoms with Gasteiger partial charge in [0.2, 0.25) is 0 Å². The maximum atomic E-state index is 12.2. The number of Topliss-reactive ketones (excluding diaryl/α,β-unsaturated/α-hetero) is 1. The summed E-state index contributed by atoms with van der Waals surface area (Å²) in [5.41, 5.74) is 0.258. The van der Waals surface area contributed by atoms with Crippen LogP contribution in [0.25, 0.3) is 0 Å². The molecule has 144 valence electrons. The van der Waals surface area contributed by atoms with Crippen molar-refractivity contribution in [2.24, 2.45) is 40.9 Å². The Hall–Kier alpha value is -0.410. The predicted molar refractivity (Wildman–Crippen MR) is 100 cm³/mol. The molecule has 0 aliphatic heterocycles. The molecule has 3 heteroatoms. The van der Waals surface area contributed by atoms with Gasteiger partial charge in [0.05, 0.1) is 0 Å². The maximum Gasteiger partial charge on any atom is 0.133 e. The summed E-state index contributed by atoms with van der Waals surface area (Å²) in [4.78, 5) is 12.2. The highest BCUT2D eigenvalue weighted by molar-refractivity contribution is 5.79. The first-order valence-electron chi connectivity index (χ1n) is 10.6. The second-order valence-corrected chi connectivity index (χ2v) is 9.37. The molecule has 0 radical (unpaired) electrons. The Balaban J connectivity index is 1.77. The number of aliphatic hydroxyl groups excluding tert-OH is 1. The number of ether oxygens (including phenoxy) is 1. The molecule has 3 nitrogen and oxygen atoms in total. The zero-order chi connectivity index (χ0) is 18.0. The molecular formula is C22H38O3. The van der Waals surface area contributed by atoms with Crippen molar-refractivity contribution < 1.29 is 14.6 Å². The fraction of sp³-hybridized carbons (Fsp3) is 0.955. The summed E-state index contributed by atoms with van der Waals surface area (Å²) < 4.78 is 5.37. The van der Waals surface area contributed by atoms with E-state index in [2.05, 4.69) is 6.92 Å². The first-order valence-corrected chi connectivity index (χ1v) is 10.6. The number of hydrogen-bond acceptors (Lipinski definition) is 3. The zero-order valence-corrected chi connectivity index (χ0v) is 16.5. The Morgan fingerprint density at radius 2 is 1.92 bits per heavy atom. The molecule has 0 saturated heterocycles. The molecule has 7 atom stereocenters. The molecule has 0 amide bonds. The first-order chi connectivity index (χ1) is 12.0. The van der Waals surface area contributed by atoms with Crippen LogP contribution >= 0.6 is 0 Å². The monoisotopic (exact) mass is 350 g/mol. The van der Waals surface area contributed by atoms with Gasteiger partial charge in [-0.2, -0.15) is 0 Å². The zero-order valence-electron chi connectivity index (χ0n) is 16.5. The van der Waals surface area contributed by atoms with Crippen molar-refractivity contribution in [2.75, 3.05) is 20.3 Å². The summed E-state index contributed by atoms with van der Waals surface area (Å²) in [6, 6.07) is 0. The van der Waals surface area contributed by atoms with Crippen molar-refractivity contribution in [1.29, 1.82) is 0 Å². The van der Waals surface area contributed by atoms with Gasteiger partial charge in [-0.25, -0.2) is 0 Å². The lowest BCUT2D eigenvalue weighted by Gasteiger charge is -2.54. The van der Waals surface area contributed by atoms with E-state index < -0.39 is 0 Å². The van der Waals surface area contributed by atoms with E-state index in [1.165, 1.54) is 44.9 Å². The number of ketones is 1. The van der Waals surface area contributed by atoms with Crippen LogP contribution in [0, 0.1) is 40.9 Å². The standard InChI is InChI=1S/C22H38O3/c1-15(24)20-8-9-21-19-7-6-16(11-14-25-3)17(5-4-13-23)18(19)10-12-22(20,21)2/h16-21,23H,4-14H2,1-3H3/t16?,17?,18?,19?,20-,21?,22?/m1/s1. The Morgan fingerprint density at radius 3 is 2.60 bits per heavy atom. The van der Waals surface area contributed by atoms with Crippen molar-refractivity contribution in [3.05, 3.63) is 0 Å². The number of methoxy groups -OCH3 is 1. The minimum Gasteiger partial charge on any atom is -0.396 e. The highest BCUT2D eigenvalue weighted by atomic mass is 16.5. The van der Waals surface area contributed by atoms with Crippen LogP contribution in [0.2, 0.25) is 0 Å². The number of carbonyl (C=O) groups is 1. The van der Waals surface area contributed by atoms with E-state index in [-0.39, 0.29) is 5.41 Å². The second kappa shape index (κ2) is 8.08. The van der Waals surface area contributed by atoms with Gasteiger partial charge in [-0.3, -0.25) is 4.79 Å². The highest BCUT2D eigenvalue weighted by Crippen LogP contribution is 2.63. The molecule has 1 N–H and O–H groups in total. The molecule has 25 heavy (non-hydrogen) atoms. The normalized spacial score (nSPS) is 43.5. The Morgan fingerprint density at radius 1 is 1.12 bits per heavy atom. The van der Waals surface area contributed by atoms with Crippen LogP contribution in [-0.2, 0) is 9.53 Å². The SMILES string of the molecule is COCCC1CCC2C(CCC3(C)C2CC[C@@H]3C(C)=O)C1CCCO. The third-order valence-corrected chi connectivity index (χ3v) is 8.40. The molecule has 3 saturated carbocycles. The van der Waals surface area contributed by atoms with Crippen LogP contribution in [0.1, 0.15) is 71.6 Å². The topological polar surface area (TPSA) is 46.5 Å². The molecule has 0 spiro atoms. The lowest BCUT2D eigenvalue weighted by Crippen LogP contribution is -2.48. The van der Waals surface area contributed by atoms with E-state index >= 15 is 0 Å². The van der Waals surface area contributed by atoms with Gasteiger partial charge in [-0.1, -0.05) is 6.92 Å². The van der Waals surface area contributed by atoms with Crippen LogP contribution < -0.4 is 0 Å². The summed E-state index contributed by atoms with van der Waals surface area (Å²) in [6.07, 6.45) is 10.9. The fourth-order valence-corrected chi connectivity index (χ4v) is 7.31. The minimum atomic E-state index is 0.258. The van der Waals surface area contributed by atoms with Gasteiger partial charge in [0.25, 0.3) is 0 Å². The predicted octanol–water partition coefficient (Wildman–Crippen LogP) is 4.47. The molecule has 0 aromatic heterocycles. The van der Waals surface area contributed by atoms with Crippen LogP contribution in [0.3, 0.4) is 0 Å².